The first kappa shape index (κ1) is 14.1. The maximum Gasteiger partial charge on any atom is 0.137 e. The van der Waals surface area contributed by atoms with E-state index in [1.54, 1.807) is 16.8 Å². The summed E-state index contributed by atoms with van der Waals surface area (Å²) in [6, 6.07) is 15.7. The van der Waals surface area contributed by atoms with Gasteiger partial charge in [-0.05, 0) is 24.3 Å². The summed E-state index contributed by atoms with van der Waals surface area (Å²) in [6.45, 7) is 0. The van der Waals surface area contributed by atoms with Crippen molar-refractivity contribution < 1.29 is 4.39 Å². The topological polar surface area (TPSA) is 17.8 Å². The van der Waals surface area contributed by atoms with Gasteiger partial charge < -0.3 is 0 Å². The van der Waals surface area contributed by atoms with E-state index in [1.165, 1.54) is 12.1 Å². The molecule has 0 N–H and O–H groups in total. The van der Waals surface area contributed by atoms with E-state index in [1.807, 2.05) is 30.3 Å². The van der Waals surface area contributed by atoms with Gasteiger partial charge in [0.2, 0.25) is 0 Å². The molecule has 3 rings (SSSR count). The minimum Gasteiger partial charge on any atom is -0.221 e. The summed E-state index contributed by atoms with van der Waals surface area (Å²) in [7, 11) is 0. The number of hydrogen-bond acceptors (Lipinski definition) is 1. The number of benzene rings is 2. The lowest BCUT2D eigenvalue weighted by molar-refractivity contribution is 0.627. The highest BCUT2D eigenvalue weighted by molar-refractivity contribution is 6.32. The SMILES string of the molecule is Fc1ccc(-n2nc(-c3ccccc3)c(CCl)c2Cl)cc1. The Kier molecular flexibility index (Phi) is 3.95. The van der Waals surface area contributed by atoms with Gasteiger partial charge >= 0.3 is 0 Å². The lowest BCUT2D eigenvalue weighted by Gasteiger charge is -2.02. The number of alkyl halides is 1. The number of halogens is 3. The van der Waals surface area contributed by atoms with Gasteiger partial charge in [0.25, 0.3) is 0 Å². The molecular weight excluding hydrogens is 310 g/mol. The van der Waals surface area contributed by atoms with Crippen LogP contribution in [0.2, 0.25) is 5.15 Å². The van der Waals surface area contributed by atoms with Gasteiger partial charge in [-0.3, -0.25) is 0 Å². The van der Waals surface area contributed by atoms with Crippen molar-refractivity contribution in [3.8, 4) is 16.9 Å². The molecule has 0 aliphatic heterocycles. The molecule has 0 atom stereocenters. The third-order valence-electron chi connectivity index (χ3n) is 3.17. The van der Waals surface area contributed by atoms with Crippen molar-refractivity contribution in [2.24, 2.45) is 0 Å². The molecule has 106 valence electrons. The highest BCUT2D eigenvalue weighted by atomic mass is 35.5. The van der Waals surface area contributed by atoms with Crippen LogP contribution in [0.3, 0.4) is 0 Å². The fourth-order valence-corrected chi connectivity index (χ4v) is 2.74. The van der Waals surface area contributed by atoms with E-state index in [4.69, 9.17) is 23.2 Å². The van der Waals surface area contributed by atoms with Gasteiger partial charge in [-0.2, -0.15) is 5.10 Å². The molecule has 0 saturated carbocycles. The average molecular weight is 321 g/mol. The zero-order chi connectivity index (χ0) is 14.8. The zero-order valence-corrected chi connectivity index (χ0v) is 12.4. The maximum absolute atomic E-state index is 13.0. The second-order valence-electron chi connectivity index (χ2n) is 4.51. The molecule has 2 nitrogen and oxygen atoms in total. The normalized spacial score (nSPS) is 10.8. The van der Waals surface area contributed by atoms with Crippen LogP contribution in [-0.2, 0) is 5.88 Å². The van der Waals surface area contributed by atoms with Gasteiger partial charge in [-0.15, -0.1) is 11.6 Å². The lowest BCUT2D eigenvalue weighted by atomic mass is 10.1. The van der Waals surface area contributed by atoms with Crippen LogP contribution in [0.4, 0.5) is 4.39 Å². The van der Waals surface area contributed by atoms with Crippen LogP contribution in [0.15, 0.2) is 54.6 Å². The van der Waals surface area contributed by atoms with Crippen LogP contribution in [0, 0.1) is 5.82 Å². The summed E-state index contributed by atoms with van der Waals surface area (Å²) in [4.78, 5) is 0. The van der Waals surface area contributed by atoms with Crippen molar-refractivity contribution in [3.05, 3.63) is 71.1 Å². The number of rotatable bonds is 3. The highest BCUT2D eigenvalue weighted by Crippen LogP contribution is 2.31. The van der Waals surface area contributed by atoms with Gasteiger partial charge in [0.1, 0.15) is 11.0 Å². The van der Waals surface area contributed by atoms with Crippen LogP contribution in [-0.4, -0.2) is 9.78 Å². The van der Waals surface area contributed by atoms with Crippen molar-refractivity contribution in [1.82, 2.24) is 9.78 Å². The molecule has 0 spiro atoms. The first-order valence-electron chi connectivity index (χ1n) is 6.35. The van der Waals surface area contributed by atoms with Crippen molar-refractivity contribution in [1.29, 1.82) is 0 Å². The van der Waals surface area contributed by atoms with E-state index >= 15 is 0 Å². The summed E-state index contributed by atoms with van der Waals surface area (Å²) in [6.07, 6.45) is 0. The van der Waals surface area contributed by atoms with E-state index in [2.05, 4.69) is 5.10 Å². The Balaban J connectivity index is 2.16. The largest absolute Gasteiger partial charge is 0.221 e. The minimum atomic E-state index is -0.303. The molecule has 3 aromatic rings. The monoisotopic (exact) mass is 320 g/mol. The molecule has 2 aromatic carbocycles. The Morgan fingerprint density at radius 2 is 1.67 bits per heavy atom. The van der Waals surface area contributed by atoms with E-state index < -0.39 is 0 Å². The van der Waals surface area contributed by atoms with Gasteiger partial charge in [-0.25, -0.2) is 9.07 Å². The Labute approximate surface area is 131 Å². The summed E-state index contributed by atoms with van der Waals surface area (Å²) in [5, 5.41) is 4.97. The van der Waals surface area contributed by atoms with Gasteiger partial charge in [0, 0.05) is 11.1 Å². The summed E-state index contributed by atoms with van der Waals surface area (Å²) in [5.74, 6) is -0.0487. The summed E-state index contributed by atoms with van der Waals surface area (Å²) < 4.78 is 14.6. The Morgan fingerprint density at radius 1 is 1.00 bits per heavy atom. The van der Waals surface area contributed by atoms with Crippen molar-refractivity contribution >= 4 is 23.2 Å². The molecule has 1 aromatic heterocycles. The molecule has 0 radical (unpaired) electrons. The molecule has 21 heavy (non-hydrogen) atoms. The summed E-state index contributed by atoms with van der Waals surface area (Å²) >= 11 is 12.4. The molecule has 0 aliphatic carbocycles. The van der Waals surface area contributed by atoms with Gasteiger partial charge in [-0.1, -0.05) is 41.9 Å². The predicted molar refractivity (Wildman–Crippen MR) is 83.5 cm³/mol. The Hall–Kier alpha value is -1.84. The Morgan fingerprint density at radius 3 is 2.29 bits per heavy atom. The van der Waals surface area contributed by atoms with Crippen LogP contribution in [0.25, 0.3) is 16.9 Å². The second-order valence-corrected chi connectivity index (χ2v) is 5.13. The van der Waals surface area contributed by atoms with Crippen LogP contribution < -0.4 is 0 Å². The first-order chi connectivity index (χ1) is 10.2. The van der Waals surface area contributed by atoms with Crippen molar-refractivity contribution in [2.75, 3.05) is 0 Å². The smallest absolute Gasteiger partial charge is 0.137 e. The van der Waals surface area contributed by atoms with Crippen LogP contribution >= 0.6 is 23.2 Å². The van der Waals surface area contributed by atoms with E-state index in [0.717, 1.165) is 16.8 Å². The number of nitrogens with zero attached hydrogens (tertiary/aromatic N) is 2. The maximum atomic E-state index is 13.0. The van der Waals surface area contributed by atoms with E-state index in [-0.39, 0.29) is 11.7 Å². The fraction of sp³-hybridized carbons (Fsp3) is 0.0625. The molecule has 0 aliphatic rings. The van der Waals surface area contributed by atoms with Gasteiger partial charge in [0.15, 0.2) is 0 Å². The molecule has 1 heterocycles. The van der Waals surface area contributed by atoms with Crippen molar-refractivity contribution in [2.45, 2.75) is 5.88 Å². The third-order valence-corrected chi connectivity index (χ3v) is 3.83. The number of hydrogen-bond donors (Lipinski definition) is 0. The zero-order valence-electron chi connectivity index (χ0n) is 10.9. The molecule has 0 bridgehead atoms. The second kappa shape index (κ2) is 5.88. The number of aromatic nitrogens is 2. The van der Waals surface area contributed by atoms with Crippen LogP contribution in [0.5, 0.6) is 0 Å². The Bertz CT molecular complexity index is 752. The molecule has 0 fully saturated rings. The standard InChI is InChI=1S/C16H11Cl2FN2/c17-10-14-15(11-4-2-1-3-5-11)20-21(16(14)18)13-8-6-12(19)7-9-13/h1-9H,10H2. The quantitative estimate of drug-likeness (QED) is 0.616. The summed E-state index contributed by atoms with van der Waals surface area (Å²) in [5.41, 5.74) is 3.12. The third kappa shape index (κ3) is 2.67. The highest BCUT2D eigenvalue weighted by Gasteiger charge is 2.17. The molecule has 0 amide bonds. The molecule has 0 saturated heterocycles. The average Bonchev–Trinajstić information content (AvgIpc) is 2.86. The first-order valence-corrected chi connectivity index (χ1v) is 7.26. The fourth-order valence-electron chi connectivity index (χ4n) is 2.13. The van der Waals surface area contributed by atoms with Crippen molar-refractivity contribution in [3.63, 3.8) is 0 Å². The molecule has 0 unspecified atom stereocenters. The van der Waals surface area contributed by atoms with E-state index in [9.17, 15) is 4.39 Å². The lowest BCUT2D eigenvalue weighted by Crippen LogP contribution is -1.96. The van der Waals surface area contributed by atoms with Gasteiger partial charge in [0.05, 0.1) is 17.3 Å². The molecule has 5 heteroatoms. The molecular formula is C16H11Cl2FN2. The van der Waals surface area contributed by atoms with E-state index in [0.29, 0.717) is 10.8 Å². The predicted octanol–water partition coefficient (Wildman–Crippen LogP) is 5.07. The van der Waals surface area contributed by atoms with Crippen LogP contribution in [0.1, 0.15) is 5.56 Å². The minimum absolute atomic E-state index is 0.254.